The third kappa shape index (κ3) is 5.53. The minimum absolute atomic E-state index is 0.112. The first-order valence-electron chi connectivity index (χ1n) is 8.05. The fourth-order valence-electron chi connectivity index (χ4n) is 2.22. The van der Waals surface area contributed by atoms with Crippen molar-refractivity contribution in [2.24, 2.45) is 0 Å². The Morgan fingerprint density at radius 2 is 1.56 bits per heavy atom. The molecule has 0 aliphatic carbocycles. The molecule has 0 saturated heterocycles. The van der Waals surface area contributed by atoms with Gasteiger partial charge in [0.05, 0.1) is 18.8 Å². The van der Waals surface area contributed by atoms with Crippen LogP contribution in [0.15, 0.2) is 60.7 Å². The lowest BCUT2D eigenvalue weighted by Crippen LogP contribution is -2.59. The second kappa shape index (κ2) is 8.98. The Hall–Kier alpha value is -2.42. The summed E-state index contributed by atoms with van der Waals surface area (Å²) in [7, 11) is 0. The van der Waals surface area contributed by atoms with Crippen LogP contribution in [0.2, 0.25) is 0 Å². The summed E-state index contributed by atoms with van der Waals surface area (Å²) in [4.78, 5) is 11.8. The molecule has 0 amide bonds. The minimum atomic E-state index is -5.19. The van der Waals surface area contributed by atoms with Crippen LogP contribution in [0.5, 0.6) is 0 Å². The largest absolute Gasteiger partial charge is 0.459 e. The molecular weight excluding hydrogens is 365 g/mol. The number of hydrogen-bond donors (Lipinski definition) is 2. The van der Waals surface area contributed by atoms with Gasteiger partial charge in [-0.15, -0.1) is 0 Å². The van der Waals surface area contributed by atoms with E-state index in [2.05, 4.69) is 0 Å². The van der Waals surface area contributed by atoms with E-state index in [0.29, 0.717) is 5.56 Å². The first-order valence-corrected chi connectivity index (χ1v) is 8.05. The summed E-state index contributed by atoms with van der Waals surface area (Å²) in [5.41, 5.74) is -2.87. The molecule has 0 aromatic heterocycles. The molecule has 2 unspecified atom stereocenters. The van der Waals surface area contributed by atoms with Crippen molar-refractivity contribution >= 4 is 5.97 Å². The number of ether oxygens (including phenoxy) is 2. The maximum absolute atomic E-state index is 13.3. The van der Waals surface area contributed by atoms with Gasteiger partial charge in [0.25, 0.3) is 0 Å². The predicted octanol–water partition coefficient (Wildman–Crippen LogP) is 2.71. The van der Waals surface area contributed by atoms with Crippen molar-refractivity contribution in [1.82, 2.24) is 0 Å². The average Bonchev–Trinajstić information content (AvgIpc) is 2.66. The highest BCUT2D eigenvalue weighted by Gasteiger charge is 2.59. The normalized spacial score (nSPS) is 15.0. The lowest BCUT2D eigenvalue weighted by Gasteiger charge is -2.34. The summed E-state index contributed by atoms with van der Waals surface area (Å²) < 4.78 is 49.5. The van der Waals surface area contributed by atoms with Crippen molar-refractivity contribution in [1.29, 1.82) is 0 Å². The van der Waals surface area contributed by atoms with E-state index in [-0.39, 0.29) is 12.2 Å². The molecule has 0 radical (unpaired) electrons. The van der Waals surface area contributed by atoms with E-state index < -0.39 is 37.1 Å². The quantitative estimate of drug-likeness (QED) is 0.685. The molecule has 2 rings (SSSR count). The van der Waals surface area contributed by atoms with Gasteiger partial charge in [0, 0.05) is 0 Å². The molecule has 8 heteroatoms. The Morgan fingerprint density at radius 1 is 1.00 bits per heavy atom. The maximum atomic E-state index is 13.3. The summed E-state index contributed by atoms with van der Waals surface area (Å²) in [5, 5.41) is 19.9. The number of rotatable bonds is 8. The highest BCUT2D eigenvalue weighted by Crippen LogP contribution is 2.34. The van der Waals surface area contributed by atoms with E-state index in [0.717, 1.165) is 0 Å². The summed E-state index contributed by atoms with van der Waals surface area (Å²) in [5.74, 6) is -0.913. The van der Waals surface area contributed by atoms with Gasteiger partial charge in [-0.2, -0.15) is 13.2 Å². The molecule has 0 saturated carbocycles. The van der Waals surface area contributed by atoms with Crippen molar-refractivity contribution < 1.29 is 37.7 Å². The Labute approximate surface area is 154 Å². The topological polar surface area (TPSA) is 76.0 Å². The molecule has 0 fully saturated rings. The number of benzene rings is 2. The highest BCUT2D eigenvalue weighted by atomic mass is 19.4. The number of aliphatic hydroxyl groups is 2. The first-order chi connectivity index (χ1) is 12.7. The van der Waals surface area contributed by atoms with Crippen LogP contribution in [-0.2, 0) is 16.1 Å². The van der Waals surface area contributed by atoms with Crippen molar-refractivity contribution in [2.75, 3.05) is 13.2 Å². The molecular formula is C19H19F3O5. The first kappa shape index (κ1) is 20.9. The molecule has 2 N–H and O–H groups in total. The molecule has 2 aromatic rings. The van der Waals surface area contributed by atoms with Gasteiger partial charge in [0.2, 0.25) is 5.60 Å². The molecule has 5 nitrogen and oxygen atoms in total. The molecule has 0 bridgehead atoms. The van der Waals surface area contributed by atoms with E-state index in [1.807, 2.05) is 0 Å². The molecule has 27 heavy (non-hydrogen) atoms. The molecule has 0 aliphatic rings. The number of alkyl halides is 3. The number of aliphatic hydroxyl groups excluding tert-OH is 1. The Balaban J connectivity index is 1.97. The van der Waals surface area contributed by atoms with Crippen LogP contribution in [0.25, 0.3) is 0 Å². The maximum Gasteiger partial charge on any atom is 0.422 e. The van der Waals surface area contributed by atoms with Crippen LogP contribution in [0, 0.1) is 0 Å². The number of esters is 1. The predicted molar refractivity (Wildman–Crippen MR) is 89.8 cm³/mol. The third-order valence-electron chi connectivity index (χ3n) is 3.86. The van der Waals surface area contributed by atoms with Gasteiger partial charge in [-0.3, -0.25) is 0 Å². The van der Waals surface area contributed by atoms with Crippen LogP contribution in [0.4, 0.5) is 13.2 Å². The van der Waals surface area contributed by atoms with Gasteiger partial charge in [0.15, 0.2) is 0 Å². The smallest absolute Gasteiger partial charge is 0.422 e. The number of carbonyl (C=O) groups excluding carboxylic acids is 1. The Morgan fingerprint density at radius 3 is 2.11 bits per heavy atom. The van der Waals surface area contributed by atoms with Gasteiger partial charge in [-0.25, -0.2) is 4.79 Å². The van der Waals surface area contributed by atoms with E-state index in [1.165, 1.54) is 12.1 Å². The molecule has 2 atom stereocenters. The zero-order valence-electron chi connectivity index (χ0n) is 14.2. The fraction of sp³-hybridized carbons (Fsp3) is 0.316. The number of carbonyl (C=O) groups is 1. The molecule has 0 aliphatic heterocycles. The average molecular weight is 384 g/mol. The van der Waals surface area contributed by atoms with Gasteiger partial charge in [0.1, 0.15) is 12.7 Å². The van der Waals surface area contributed by atoms with Crippen molar-refractivity contribution in [3.05, 3.63) is 71.8 Å². The van der Waals surface area contributed by atoms with E-state index >= 15 is 0 Å². The van der Waals surface area contributed by atoms with Crippen molar-refractivity contribution in [3.63, 3.8) is 0 Å². The minimum Gasteiger partial charge on any atom is -0.459 e. The summed E-state index contributed by atoms with van der Waals surface area (Å²) in [6, 6.07) is 16.0. The van der Waals surface area contributed by atoms with Crippen LogP contribution in [0.1, 0.15) is 15.9 Å². The fourth-order valence-corrected chi connectivity index (χ4v) is 2.22. The van der Waals surface area contributed by atoms with Crippen LogP contribution >= 0.6 is 0 Å². The molecule has 0 heterocycles. The second-order valence-electron chi connectivity index (χ2n) is 5.88. The molecule has 146 valence electrons. The van der Waals surface area contributed by atoms with Gasteiger partial charge < -0.3 is 19.7 Å². The lowest BCUT2D eigenvalue weighted by molar-refractivity contribution is -0.308. The molecule has 2 aromatic carbocycles. The number of hydrogen-bond acceptors (Lipinski definition) is 5. The van der Waals surface area contributed by atoms with Gasteiger partial charge in [-0.1, -0.05) is 48.5 Å². The zero-order chi connectivity index (χ0) is 19.9. The van der Waals surface area contributed by atoms with Crippen LogP contribution in [0.3, 0.4) is 0 Å². The summed E-state index contributed by atoms with van der Waals surface area (Å²) >= 11 is 0. The SMILES string of the molecule is O=C(OCC(O)C(O)(COCc1ccccc1)C(F)(F)F)c1ccccc1. The van der Waals surface area contributed by atoms with E-state index in [4.69, 9.17) is 9.47 Å². The highest BCUT2D eigenvalue weighted by molar-refractivity contribution is 5.89. The van der Waals surface area contributed by atoms with E-state index in [1.54, 1.807) is 48.5 Å². The van der Waals surface area contributed by atoms with Crippen molar-refractivity contribution in [3.8, 4) is 0 Å². The summed E-state index contributed by atoms with van der Waals surface area (Å²) in [6.45, 7) is -2.44. The van der Waals surface area contributed by atoms with E-state index in [9.17, 15) is 28.2 Å². The third-order valence-corrected chi connectivity index (χ3v) is 3.86. The lowest BCUT2D eigenvalue weighted by atomic mass is 9.97. The monoisotopic (exact) mass is 384 g/mol. The summed E-state index contributed by atoms with van der Waals surface area (Å²) in [6.07, 6.45) is -7.61. The standard InChI is InChI=1S/C19H19F3O5/c20-19(21,22)18(25,13-26-11-14-7-3-1-4-8-14)16(23)12-27-17(24)15-9-5-2-6-10-15/h1-10,16,23,25H,11-13H2. The van der Waals surface area contributed by atoms with Crippen molar-refractivity contribution in [2.45, 2.75) is 24.5 Å². The Bertz CT molecular complexity index is 721. The van der Waals surface area contributed by atoms with Crippen LogP contribution < -0.4 is 0 Å². The van der Waals surface area contributed by atoms with Gasteiger partial charge >= 0.3 is 12.1 Å². The van der Waals surface area contributed by atoms with Crippen LogP contribution in [-0.4, -0.2) is 47.3 Å². The number of halogens is 3. The second-order valence-corrected chi connectivity index (χ2v) is 5.88. The van der Waals surface area contributed by atoms with Gasteiger partial charge in [-0.05, 0) is 17.7 Å². The molecule has 0 spiro atoms. The zero-order valence-corrected chi connectivity index (χ0v) is 14.2. The Kier molecular flexibility index (Phi) is 6.95.